The summed E-state index contributed by atoms with van der Waals surface area (Å²) in [4.78, 5) is 0. The lowest BCUT2D eigenvalue weighted by molar-refractivity contribution is 0.160. The van der Waals surface area contributed by atoms with E-state index in [4.69, 9.17) is 4.74 Å². The fourth-order valence-corrected chi connectivity index (χ4v) is 2.18. The van der Waals surface area contributed by atoms with Crippen LogP contribution < -0.4 is 4.74 Å². The van der Waals surface area contributed by atoms with Gasteiger partial charge in [-0.15, -0.1) is 0 Å². The van der Waals surface area contributed by atoms with Crippen LogP contribution in [-0.4, -0.2) is 22.0 Å². The van der Waals surface area contributed by atoms with Crippen molar-refractivity contribution in [2.45, 2.75) is 32.4 Å². The lowest BCUT2D eigenvalue weighted by Crippen LogP contribution is -2.13. The Bertz CT molecular complexity index is 520. The third-order valence-corrected chi connectivity index (χ3v) is 3.10. The number of hydrogen-bond donors (Lipinski definition) is 1. The van der Waals surface area contributed by atoms with Crippen LogP contribution >= 0.6 is 0 Å². The van der Waals surface area contributed by atoms with Gasteiger partial charge in [-0.05, 0) is 19.4 Å². The smallest absolute Gasteiger partial charge is 0.162 e. The zero-order chi connectivity index (χ0) is 13.8. The monoisotopic (exact) mass is 260 g/mol. The van der Waals surface area contributed by atoms with E-state index in [0.717, 1.165) is 11.3 Å². The molecule has 0 fully saturated rings. The van der Waals surface area contributed by atoms with E-state index in [9.17, 15) is 5.11 Å². The van der Waals surface area contributed by atoms with Crippen LogP contribution in [0.3, 0.4) is 0 Å². The normalized spacial score (nSPS) is 12.7. The maximum absolute atomic E-state index is 10.5. The van der Waals surface area contributed by atoms with Crippen molar-refractivity contribution in [1.82, 2.24) is 9.78 Å². The first kappa shape index (κ1) is 13.6. The molecule has 1 N–H and O–H groups in total. The van der Waals surface area contributed by atoms with Crippen molar-refractivity contribution in [3.8, 4) is 5.75 Å². The highest BCUT2D eigenvalue weighted by Gasteiger charge is 2.21. The van der Waals surface area contributed by atoms with Crippen LogP contribution in [-0.2, 0) is 6.42 Å². The largest absolute Gasteiger partial charge is 0.493 e. The summed E-state index contributed by atoms with van der Waals surface area (Å²) in [6, 6.07) is 10.1. The van der Waals surface area contributed by atoms with Crippen LogP contribution in [0.15, 0.2) is 36.5 Å². The van der Waals surface area contributed by atoms with Gasteiger partial charge in [0.1, 0.15) is 11.8 Å². The molecule has 1 unspecified atom stereocenters. The van der Waals surface area contributed by atoms with Gasteiger partial charge in [-0.2, -0.15) is 5.10 Å². The fraction of sp³-hybridized carbons (Fsp3) is 0.400. The van der Waals surface area contributed by atoms with Gasteiger partial charge in [0.25, 0.3) is 0 Å². The molecule has 1 aromatic carbocycles. The minimum Gasteiger partial charge on any atom is -0.493 e. The Hall–Kier alpha value is -1.81. The summed E-state index contributed by atoms with van der Waals surface area (Å²) in [5.74, 6) is 0.636. The second-order valence-corrected chi connectivity index (χ2v) is 4.84. The van der Waals surface area contributed by atoms with Crippen molar-refractivity contribution < 1.29 is 9.84 Å². The highest BCUT2D eigenvalue weighted by atomic mass is 16.5. The Morgan fingerprint density at radius 3 is 2.53 bits per heavy atom. The molecule has 0 amide bonds. The van der Waals surface area contributed by atoms with Crippen molar-refractivity contribution in [1.29, 1.82) is 0 Å². The fourth-order valence-electron chi connectivity index (χ4n) is 2.18. The molecule has 1 aromatic heterocycles. The van der Waals surface area contributed by atoms with Crippen LogP contribution in [0.5, 0.6) is 5.75 Å². The summed E-state index contributed by atoms with van der Waals surface area (Å²) in [5, 5.41) is 14.7. The molecule has 1 heterocycles. The predicted molar refractivity (Wildman–Crippen MR) is 74.3 cm³/mol. The standard InChI is InChI=1S/C15H20N2O2/c1-11(2)17-15(14(19-3)10-16-17)13(18)9-12-7-5-4-6-8-12/h4-8,10-11,13,18H,9H2,1-3H3. The van der Waals surface area contributed by atoms with Crippen LogP contribution in [0.4, 0.5) is 0 Å². The van der Waals surface area contributed by atoms with Gasteiger partial charge < -0.3 is 9.84 Å². The molecule has 0 saturated heterocycles. The van der Waals surface area contributed by atoms with Gasteiger partial charge in [0.2, 0.25) is 0 Å². The molecule has 0 spiro atoms. The molecule has 2 rings (SSSR count). The second kappa shape index (κ2) is 5.89. The first-order valence-corrected chi connectivity index (χ1v) is 6.47. The number of aliphatic hydroxyl groups excluding tert-OH is 1. The van der Waals surface area contributed by atoms with Gasteiger partial charge in [-0.1, -0.05) is 30.3 Å². The van der Waals surface area contributed by atoms with E-state index in [1.54, 1.807) is 13.3 Å². The van der Waals surface area contributed by atoms with Crippen molar-refractivity contribution in [3.05, 3.63) is 47.8 Å². The lowest BCUT2D eigenvalue weighted by Gasteiger charge is -2.17. The van der Waals surface area contributed by atoms with E-state index in [1.807, 2.05) is 48.9 Å². The molecular formula is C15H20N2O2. The third kappa shape index (κ3) is 2.96. The number of methoxy groups -OCH3 is 1. The minimum atomic E-state index is -0.623. The third-order valence-electron chi connectivity index (χ3n) is 3.10. The van der Waals surface area contributed by atoms with E-state index in [1.165, 1.54) is 0 Å². The Morgan fingerprint density at radius 2 is 1.95 bits per heavy atom. The average molecular weight is 260 g/mol. The predicted octanol–water partition coefficient (Wildman–Crippen LogP) is 2.75. The number of aliphatic hydroxyl groups is 1. The molecule has 0 aliphatic heterocycles. The molecule has 4 heteroatoms. The molecule has 102 valence electrons. The summed E-state index contributed by atoms with van der Waals surface area (Å²) < 4.78 is 7.10. The average Bonchev–Trinajstić information content (AvgIpc) is 2.83. The lowest BCUT2D eigenvalue weighted by atomic mass is 10.1. The minimum absolute atomic E-state index is 0.185. The summed E-state index contributed by atoms with van der Waals surface area (Å²) in [7, 11) is 1.60. The number of benzene rings is 1. The molecule has 0 aliphatic rings. The Kier molecular flexibility index (Phi) is 4.22. The van der Waals surface area contributed by atoms with Gasteiger partial charge in [0.15, 0.2) is 5.75 Å². The Morgan fingerprint density at radius 1 is 1.26 bits per heavy atom. The van der Waals surface area contributed by atoms with Crippen LogP contribution in [0.2, 0.25) is 0 Å². The highest BCUT2D eigenvalue weighted by molar-refractivity contribution is 5.29. The first-order chi connectivity index (χ1) is 9.13. The first-order valence-electron chi connectivity index (χ1n) is 6.47. The molecular weight excluding hydrogens is 240 g/mol. The van der Waals surface area contributed by atoms with E-state index in [2.05, 4.69) is 5.10 Å². The van der Waals surface area contributed by atoms with Gasteiger partial charge >= 0.3 is 0 Å². The molecule has 0 aliphatic carbocycles. The van der Waals surface area contributed by atoms with Gasteiger partial charge in [-0.3, -0.25) is 4.68 Å². The van der Waals surface area contributed by atoms with Gasteiger partial charge in [0, 0.05) is 12.5 Å². The van der Waals surface area contributed by atoms with Crippen LogP contribution in [0.1, 0.15) is 37.3 Å². The maximum Gasteiger partial charge on any atom is 0.162 e. The van der Waals surface area contributed by atoms with E-state index in [0.29, 0.717) is 12.2 Å². The van der Waals surface area contributed by atoms with E-state index < -0.39 is 6.10 Å². The van der Waals surface area contributed by atoms with Crippen molar-refractivity contribution in [2.75, 3.05) is 7.11 Å². The molecule has 0 saturated carbocycles. The SMILES string of the molecule is COc1cnn(C(C)C)c1C(O)Cc1ccccc1. The zero-order valence-corrected chi connectivity index (χ0v) is 11.6. The maximum atomic E-state index is 10.5. The Balaban J connectivity index is 2.27. The second-order valence-electron chi connectivity index (χ2n) is 4.84. The zero-order valence-electron chi connectivity index (χ0n) is 11.6. The summed E-state index contributed by atoms with van der Waals surface area (Å²) in [6.07, 6.45) is 1.58. The number of nitrogens with zero attached hydrogens (tertiary/aromatic N) is 2. The number of rotatable bonds is 5. The topological polar surface area (TPSA) is 47.3 Å². The van der Waals surface area contributed by atoms with E-state index in [-0.39, 0.29) is 6.04 Å². The number of hydrogen-bond acceptors (Lipinski definition) is 3. The Labute approximate surface area is 113 Å². The van der Waals surface area contributed by atoms with Crippen molar-refractivity contribution >= 4 is 0 Å². The van der Waals surface area contributed by atoms with E-state index >= 15 is 0 Å². The van der Waals surface area contributed by atoms with Crippen molar-refractivity contribution in [2.24, 2.45) is 0 Å². The summed E-state index contributed by atoms with van der Waals surface area (Å²) in [5.41, 5.74) is 1.83. The van der Waals surface area contributed by atoms with Crippen molar-refractivity contribution in [3.63, 3.8) is 0 Å². The molecule has 0 radical (unpaired) electrons. The quantitative estimate of drug-likeness (QED) is 0.899. The molecule has 0 bridgehead atoms. The van der Waals surface area contributed by atoms with Crippen LogP contribution in [0, 0.1) is 0 Å². The van der Waals surface area contributed by atoms with Crippen LogP contribution in [0.25, 0.3) is 0 Å². The summed E-state index contributed by atoms with van der Waals surface area (Å²) >= 11 is 0. The van der Waals surface area contributed by atoms with Gasteiger partial charge in [0.05, 0.1) is 13.3 Å². The number of ether oxygens (including phenoxy) is 1. The highest BCUT2D eigenvalue weighted by Crippen LogP contribution is 2.29. The summed E-state index contributed by atoms with van der Waals surface area (Å²) in [6.45, 7) is 4.07. The molecule has 4 nitrogen and oxygen atoms in total. The molecule has 2 aromatic rings. The molecule has 1 atom stereocenters. The van der Waals surface area contributed by atoms with Gasteiger partial charge in [-0.25, -0.2) is 0 Å². The molecule has 19 heavy (non-hydrogen) atoms. The number of aromatic nitrogens is 2.